The summed E-state index contributed by atoms with van der Waals surface area (Å²) in [6.45, 7) is 0.886. The molecule has 0 amide bonds. The van der Waals surface area contributed by atoms with Gasteiger partial charge in [-0.2, -0.15) is 0 Å². The Labute approximate surface area is 127 Å². The fraction of sp³-hybridized carbons (Fsp3) is 0.647. The predicted octanol–water partition coefficient (Wildman–Crippen LogP) is 1.50. The molecule has 0 spiro atoms. The Kier molecular flexibility index (Phi) is 7.16. The van der Waals surface area contributed by atoms with E-state index in [1.165, 1.54) is 18.4 Å². The van der Waals surface area contributed by atoms with Gasteiger partial charge in [-0.25, -0.2) is 0 Å². The van der Waals surface area contributed by atoms with Crippen LogP contribution in [0.1, 0.15) is 31.2 Å². The minimum absolute atomic E-state index is 0.0338. The summed E-state index contributed by atoms with van der Waals surface area (Å²) in [5, 5.41) is 22.6. The Hall–Kier alpha value is -0.940. The maximum absolute atomic E-state index is 9.95. The van der Waals surface area contributed by atoms with Crippen molar-refractivity contribution in [1.29, 1.82) is 0 Å². The monoisotopic (exact) mass is 293 g/mol. The molecule has 0 heterocycles. The SMILES string of the molecule is OCC(Cc1ccccc1)NCC(O)COC1CCCC1. The number of aliphatic hydroxyl groups excluding tert-OH is 2. The van der Waals surface area contributed by atoms with Crippen LogP contribution in [0, 0.1) is 0 Å². The standard InChI is InChI=1S/C17H27NO3/c19-12-15(10-14-6-2-1-3-7-14)18-11-16(20)13-21-17-8-4-5-9-17/h1-3,6-7,15-20H,4-5,8-13H2. The first-order valence-electron chi connectivity index (χ1n) is 7.95. The van der Waals surface area contributed by atoms with E-state index in [9.17, 15) is 10.2 Å². The van der Waals surface area contributed by atoms with Crippen molar-refractivity contribution < 1.29 is 14.9 Å². The van der Waals surface area contributed by atoms with Crippen LogP contribution >= 0.6 is 0 Å². The van der Waals surface area contributed by atoms with E-state index in [4.69, 9.17) is 4.74 Å². The highest BCUT2D eigenvalue weighted by Crippen LogP contribution is 2.20. The van der Waals surface area contributed by atoms with Crippen molar-refractivity contribution in [3.63, 3.8) is 0 Å². The molecule has 1 fully saturated rings. The van der Waals surface area contributed by atoms with Crippen LogP contribution < -0.4 is 5.32 Å². The lowest BCUT2D eigenvalue weighted by atomic mass is 10.1. The summed E-state index contributed by atoms with van der Waals surface area (Å²) in [6.07, 6.45) is 5.28. The lowest BCUT2D eigenvalue weighted by Gasteiger charge is -2.20. The number of aliphatic hydroxyl groups is 2. The van der Waals surface area contributed by atoms with Gasteiger partial charge in [0, 0.05) is 12.6 Å². The normalized spacial score (nSPS) is 18.8. The summed E-state index contributed by atoms with van der Waals surface area (Å²) >= 11 is 0. The maximum atomic E-state index is 9.95. The van der Waals surface area contributed by atoms with Crippen LogP contribution in [-0.2, 0) is 11.2 Å². The Morgan fingerprint density at radius 2 is 1.90 bits per heavy atom. The minimum atomic E-state index is -0.518. The summed E-state index contributed by atoms with van der Waals surface area (Å²) in [5.41, 5.74) is 1.18. The highest BCUT2D eigenvalue weighted by molar-refractivity contribution is 5.15. The van der Waals surface area contributed by atoms with Crippen molar-refractivity contribution in [2.24, 2.45) is 0 Å². The molecule has 1 aliphatic rings. The molecule has 1 aromatic rings. The fourth-order valence-corrected chi connectivity index (χ4v) is 2.76. The lowest BCUT2D eigenvalue weighted by Crippen LogP contribution is -2.41. The maximum Gasteiger partial charge on any atom is 0.0897 e. The van der Waals surface area contributed by atoms with E-state index < -0.39 is 6.10 Å². The number of nitrogens with one attached hydrogen (secondary N) is 1. The van der Waals surface area contributed by atoms with Crippen LogP contribution in [-0.4, -0.2) is 48.2 Å². The Morgan fingerprint density at radius 3 is 2.57 bits per heavy atom. The number of hydrogen-bond acceptors (Lipinski definition) is 4. The van der Waals surface area contributed by atoms with E-state index in [0.717, 1.165) is 19.3 Å². The summed E-state index contributed by atoms with van der Waals surface area (Å²) in [5.74, 6) is 0. The lowest BCUT2D eigenvalue weighted by molar-refractivity contribution is -0.00678. The fourth-order valence-electron chi connectivity index (χ4n) is 2.76. The van der Waals surface area contributed by atoms with Crippen molar-refractivity contribution >= 4 is 0 Å². The second-order valence-corrected chi connectivity index (χ2v) is 5.87. The van der Waals surface area contributed by atoms with Gasteiger partial charge in [-0.3, -0.25) is 0 Å². The second-order valence-electron chi connectivity index (χ2n) is 5.87. The van der Waals surface area contributed by atoms with Gasteiger partial charge in [-0.05, 0) is 24.8 Å². The first-order chi connectivity index (χ1) is 10.3. The first-order valence-corrected chi connectivity index (χ1v) is 7.95. The molecule has 4 nitrogen and oxygen atoms in total. The topological polar surface area (TPSA) is 61.7 Å². The second kappa shape index (κ2) is 9.15. The van der Waals surface area contributed by atoms with Crippen LogP contribution in [0.25, 0.3) is 0 Å². The summed E-state index contributed by atoms with van der Waals surface area (Å²) in [7, 11) is 0. The van der Waals surface area contributed by atoms with Crippen molar-refractivity contribution in [3.8, 4) is 0 Å². The molecule has 21 heavy (non-hydrogen) atoms. The number of benzene rings is 1. The number of hydrogen-bond donors (Lipinski definition) is 3. The van der Waals surface area contributed by atoms with Crippen LogP contribution in [0.5, 0.6) is 0 Å². The van der Waals surface area contributed by atoms with Gasteiger partial charge in [0.2, 0.25) is 0 Å². The molecule has 118 valence electrons. The number of rotatable bonds is 9. The zero-order valence-corrected chi connectivity index (χ0v) is 12.6. The molecule has 1 aliphatic carbocycles. The molecule has 2 unspecified atom stereocenters. The van der Waals surface area contributed by atoms with Crippen LogP contribution in [0.3, 0.4) is 0 Å². The average molecular weight is 293 g/mol. The third-order valence-corrected chi connectivity index (χ3v) is 4.01. The minimum Gasteiger partial charge on any atom is -0.395 e. The van der Waals surface area contributed by atoms with Gasteiger partial charge in [0.1, 0.15) is 0 Å². The highest BCUT2D eigenvalue weighted by atomic mass is 16.5. The van der Waals surface area contributed by atoms with E-state index in [1.54, 1.807) is 0 Å². The van der Waals surface area contributed by atoms with E-state index in [-0.39, 0.29) is 12.6 Å². The van der Waals surface area contributed by atoms with E-state index in [0.29, 0.717) is 19.3 Å². The first kappa shape index (κ1) is 16.4. The molecular weight excluding hydrogens is 266 g/mol. The molecule has 2 atom stereocenters. The molecule has 0 aromatic heterocycles. The quantitative estimate of drug-likeness (QED) is 0.646. The smallest absolute Gasteiger partial charge is 0.0897 e. The summed E-state index contributed by atoms with van der Waals surface area (Å²) < 4.78 is 5.70. The molecule has 0 radical (unpaired) electrons. The van der Waals surface area contributed by atoms with Gasteiger partial charge >= 0.3 is 0 Å². The van der Waals surface area contributed by atoms with E-state index >= 15 is 0 Å². The van der Waals surface area contributed by atoms with Crippen molar-refractivity contribution in [2.75, 3.05) is 19.8 Å². The molecule has 4 heteroatoms. The Balaban J connectivity index is 1.64. The Morgan fingerprint density at radius 1 is 1.19 bits per heavy atom. The molecule has 2 rings (SSSR count). The van der Waals surface area contributed by atoms with Crippen molar-refractivity contribution in [3.05, 3.63) is 35.9 Å². The van der Waals surface area contributed by atoms with Gasteiger partial charge in [0.05, 0.1) is 25.4 Å². The Bertz CT molecular complexity index is 379. The van der Waals surface area contributed by atoms with E-state index in [2.05, 4.69) is 5.32 Å². The molecule has 1 saturated carbocycles. The highest BCUT2D eigenvalue weighted by Gasteiger charge is 2.17. The van der Waals surface area contributed by atoms with Crippen LogP contribution in [0.2, 0.25) is 0 Å². The largest absolute Gasteiger partial charge is 0.395 e. The molecular formula is C17H27NO3. The van der Waals surface area contributed by atoms with Crippen LogP contribution in [0.4, 0.5) is 0 Å². The van der Waals surface area contributed by atoms with Gasteiger partial charge in [0.25, 0.3) is 0 Å². The van der Waals surface area contributed by atoms with Gasteiger partial charge in [-0.15, -0.1) is 0 Å². The van der Waals surface area contributed by atoms with Crippen LogP contribution in [0.15, 0.2) is 30.3 Å². The average Bonchev–Trinajstić information content (AvgIpc) is 3.03. The van der Waals surface area contributed by atoms with Crippen molar-refractivity contribution in [2.45, 2.75) is 50.4 Å². The summed E-state index contributed by atoms with van der Waals surface area (Å²) in [4.78, 5) is 0. The summed E-state index contributed by atoms with van der Waals surface area (Å²) in [6, 6.07) is 10.0. The zero-order chi connectivity index (χ0) is 14.9. The third-order valence-electron chi connectivity index (χ3n) is 4.01. The molecule has 0 aliphatic heterocycles. The molecule has 0 saturated heterocycles. The third kappa shape index (κ3) is 6.14. The molecule has 3 N–H and O–H groups in total. The van der Waals surface area contributed by atoms with Gasteiger partial charge < -0.3 is 20.3 Å². The van der Waals surface area contributed by atoms with Crippen molar-refractivity contribution in [1.82, 2.24) is 5.32 Å². The van der Waals surface area contributed by atoms with Gasteiger partial charge in [-0.1, -0.05) is 43.2 Å². The predicted molar refractivity (Wildman–Crippen MR) is 83.2 cm³/mol. The van der Waals surface area contributed by atoms with E-state index in [1.807, 2.05) is 30.3 Å². The molecule has 1 aromatic carbocycles. The molecule has 0 bridgehead atoms. The van der Waals surface area contributed by atoms with Gasteiger partial charge in [0.15, 0.2) is 0 Å². The zero-order valence-electron chi connectivity index (χ0n) is 12.6. The number of ether oxygens (including phenoxy) is 1.